The van der Waals surface area contributed by atoms with E-state index in [4.69, 9.17) is 14.3 Å². The van der Waals surface area contributed by atoms with Crippen molar-refractivity contribution in [1.82, 2.24) is 0 Å². The highest BCUT2D eigenvalue weighted by Gasteiger charge is 2.25. The SMILES string of the molecule is Cc1cc(C(C)(C)C)cc(C(C)(C)C)c1COP(=O)(O)O. The molecule has 0 heterocycles. The van der Waals surface area contributed by atoms with Crippen LogP contribution in [0.25, 0.3) is 0 Å². The maximum Gasteiger partial charge on any atom is 0.469 e. The van der Waals surface area contributed by atoms with Crippen molar-refractivity contribution in [3.63, 3.8) is 0 Å². The standard InChI is InChI=1S/C16H27O4P/c1-11-8-12(15(2,3)4)9-14(16(5,6)7)13(11)10-20-21(17,18)19/h8-9H,10H2,1-7H3,(H2,17,18,19). The molecule has 0 aromatic heterocycles. The van der Waals surface area contributed by atoms with Gasteiger partial charge in [0.2, 0.25) is 0 Å². The Balaban J connectivity index is 3.39. The summed E-state index contributed by atoms with van der Waals surface area (Å²) in [5.41, 5.74) is 4.04. The first-order chi connectivity index (χ1) is 9.22. The molecule has 0 aliphatic rings. The minimum absolute atomic E-state index is 0.0212. The minimum Gasteiger partial charge on any atom is -0.303 e. The maximum atomic E-state index is 11.0. The van der Waals surface area contributed by atoms with Crippen LogP contribution in [0.15, 0.2) is 12.1 Å². The van der Waals surface area contributed by atoms with E-state index < -0.39 is 7.82 Å². The number of hydrogen-bond donors (Lipinski definition) is 2. The summed E-state index contributed by atoms with van der Waals surface area (Å²) in [6, 6.07) is 4.21. The van der Waals surface area contributed by atoms with Crippen LogP contribution in [-0.4, -0.2) is 9.79 Å². The smallest absolute Gasteiger partial charge is 0.303 e. The number of phosphoric ester groups is 1. The predicted molar refractivity (Wildman–Crippen MR) is 85.4 cm³/mol. The molecule has 0 amide bonds. The molecule has 1 aromatic rings. The lowest BCUT2D eigenvalue weighted by Gasteiger charge is -2.29. The average Bonchev–Trinajstić information content (AvgIpc) is 2.22. The second-order valence-electron chi connectivity index (χ2n) is 7.58. The van der Waals surface area contributed by atoms with Gasteiger partial charge in [0.05, 0.1) is 6.61 Å². The number of rotatable bonds is 3. The molecule has 1 aromatic carbocycles. The fourth-order valence-electron chi connectivity index (χ4n) is 2.26. The quantitative estimate of drug-likeness (QED) is 0.821. The molecular weight excluding hydrogens is 287 g/mol. The molecule has 4 nitrogen and oxygen atoms in total. The molecule has 0 fully saturated rings. The van der Waals surface area contributed by atoms with Crippen LogP contribution in [0.1, 0.15) is 63.8 Å². The largest absolute Gasteiger partial charge is 0.469 e. The first-order valence-electron chi connectivity index (χ1n) is 7.06. The topological polar surface area (TPSA) is 66.8 Å². The Kier molecular flexibility index (Phi) is 5.12. The summed E-state index contributed by atoms with van der Waals surface area (Å²) in [6.07, 6.45) is 0. The Hall–Kier alpha value is -0.670. The maximum absolute atomic E-state index is 11.0. The van der Waals surface area contributed by atoms with Gasteiger partial charge in [-0.2, -0.15) is 0 Å². The van der Waals surface area contributed by atoms with Crippen LogP contribution in [0.5, 0.6) is 0 Å². The van der Waals surface area contributed by atoms with Crippen molar-refractivity contribution < 1.29 is 18.9 Å². The summed E-state index contributed by atoms with van der Waals surface area (Å²) in [7, 11) is -4.47. The fraction of sp³-hybridized carbons (Fsp3) is 0.625. The van der Waals surface area contributed by atoms with E-state index in [1.54, 1.807) is 0 Å². The molecule has 1 rings (SSSR count). The summed E-state index contributed by atoms with van der Waals surface area (Å²) < 4.78 is 15.7. The van der Waals surface area contributed by atoms with Gasteiger partial charge in [-0.1, -0.05) is 53.7 Å². The summed E-state index contributed by atoms with van der Waals surface area (Å²) in [5.74, 6) is 0. The highest BCUT2D eigenvalue weighted by atomic mass is 31.2. The third-order valence-corrected chi connectivity index (χ3v) is 3.99. The molecule has 5 heteroatoms. The van der Waals surface area contributed by atoms with E-state index in [-0.39, 0.29) is 17.4 Å². The zero-order valence-electron chi connectivity index (χ0n) is 14.0. The van der Waals surface area contributed by atoms with Crippen molar-refractivity contribution in [2.45, 2.75) is 65.9 Å². The number of hydrogen-bond acceptors (Lipinski definition) is 2. The predicted octanol–water partition coefficient (Wildman–Crippen LogP) is 4.20. The molecule has 0 aliphatic carbocycles. The summed E-state index contributed by atoms with van der Waals surface area (Å²) in [4.78, 5) is 17.9. The number of benzene rings is 1. The molecule has 2 N–H and O–H groups in total. The monoisotopic (exact) mass is 314 g/mol. The van der Waals surface area contributed by atoms with Crippen LogP contribution in [0.3, 0.4) is 0 Å². The van der Waals surface area contributed by atoms with E-state index in [0.717, 1.165) is 16.7 Å². The lowest BCUT2D eigenvalue weighted by Crippen LogP contribution is -2.20. The molecule has 0 aliphatic heterocycles. The van der Waals surface area contributed by atoms with Gasteiger partial charge in [-0.3, -0.25) is 4.52 Å². The van der Waals surface area contributed by atoms with Crippen molar-refractivity contribution >= 4 is 7.82 Å². The molecule has 0 spiro atoms. The molecule has 0 radical (unpaired) electrons. The van der Waals surface area contributed by atoms with Gasteiger partial charge in [0, 0.05) is 0 Å². The zero-order valence-corrected chi connectivity index (χ0v) is 14.9. The van der Waals surface area contributed by atoms with Gasteiger partial charge in [-0.15, -0.1) is 0 Å². The van der Waals surface area contributed by atoms with Gasteiger partial charge in [0.15, 0.2) is 0 Å². The normalized spacial score (nSPS) is 13.6. The van der Waals surface area contributed by atoms with Crippen LogP contribution in [-0.2, 0) is 26.5 Å². The lowest BCUT2D eigenvalue weighted by atomic mass is 9.77. The first-order valence-corrected chi connectivity index (χ1v) is 8.59. The molecule has 0 unspecified atom stereocenters. The molecule has 0 saturated carbocycles. The molecule has 0 atom stereocenters. The van der Waals surface area contributed by atoms with Gasteiger partial charge in [-0.05, 0) is 40.0 Å². The third kappa shape index (κ3) is 5.23. The number of phosphoric acid groups is 1. The van der Waals surface area contributed by atoms with Crippen LogP contribution >= 0.6 is 7.82 Å². The minimum atomic E-state index is -4.47. The summed E-state index contributed by atoms with van der Waals surface area (Å²) >= 11 is 0. The van der Waals surface area contributed by atoms with Gasteiger partial charge >= 0.3 is 7.82 Å². The Morgan fingerprint density at radius 3 is 1.95 bits per heavy atom. The molecule has 120 valence electrons. The van der Waals surface area contributed by atoms with Crippen molar-refractivity contribution in [3.8, 4) is 0 Å². The van der Waals surface area contributed by atoms with E-state index >= 15 is 0 Å². The Labute approximate surface area is 127 Å². The number of aryl methyl sites for hydroxylation is 1. The third-order valence-electron chi connectivity index (χ3n) is 3.52. The van der Waals surface area contributed by atoms with Crippen molar-refractivity contribution in [3.05, 3.63) is 34.4 Å². The van der Waals surface area contributed by atoms with Crippen molar-refractivity contribution in [2.75, 3.05) is 0 Å². The molecule has 0 bridgehead atoms. The summed E-state index contributed by atoms with van der Waals surface area (Å²) in [6.45, 7) is 14.6. The van der Waals surface area contributed by atoms with E-state index in [0.29, 0.717) is 0 Å². The van der Waals surface area contributed by atoms with E-state index in [1.807, 2.05) is 6.92 Å². The van der Waals surface area contributed by atoms with Gasteiger partial charge in [-0.25, -0.2) is 4.57 Å². The second kappa shape index (κ2) is 5.85. The van der Waals surface area contributed by atoms with E-state index in [1.165, 1.54) is 5.56 Å². The van der Waals surface area contributed by atoms with Crippen LogP contribution < -0.4 is 0 Å². The van der Waals surface area contributed by atoms with Gasteiger partial charge < -0.3 is 9.79 Å². The molecular formula is C16H27O4P. The highest BCUT2D eigenvalue weighted by molar-refractivity contribution is 7.46. The van der Waals surface area contributed by atoms with E-state index in [2.05, 4.69) is 53.7 Å². The molecule has 0 saturated heterocycles. The Morgan fingerprint density at radius 1 is 1.05 bits per heavy atom. The van der Waals surface area contributed by atoms with Crippen LogP contribution in [0, 0.1) is 6.92 Å². The highest BCUT2D eigenvalue weighted by Crippen LogP contribution is 2.40. The Morgan fingerprint density at radius 2 is 1.57 bits per heavy atom. The van der Waals surface area contributed by atoms with Crippen LogP contribution in [0.2, 0.25) is 0 Å². The fourth-order valence-corrected chi connectivity index (χ4v) is 2.56. The molecule has 21 heavy (non-hydrogen) atoms. The summed E-state index contributed by atoms with van der Waals surface area (Å²) in [5, 5.41) is 0. The van der Waals surface area contributed by atoms with Gasteiger partial charge in [0.1, 0.15) is 0 Å². The van der Waals surface area contributed by atoms with Crippen molar-refractivity contribution in [1.29, 1.82) is 0 Å². The van der Waals surface area contributed by atoms with E-state index in [9.17, 15) is 4.57 Å². The average molecular weight is 314 g/mol. The second-order valence-corrected chi connectivity index (χ2v) is 8.82. The Bertz CT molecular complexity index is 559. The first kappa shape index (κ1) is 18.4. The van der Waals surface area contributed by atoms with Gasteiger partial charge in [0.25, 0.3) is 0 Å². The lowest BCUT2D eigenvalue weighted by molar-refractivity contribution is 0.187. The zero-order chi connectivity index (χ0) is 16.6. The van der Waals surface area contributed by atoms with Crippen molar-refractivity contribution in [2.24, 2.45) is 0 Å². The van der Waals surface area contributed by atoms with Crippen LogP contribution in [0.4, 0.5) is 0 Å².